The zero-order chi connectivity index (χ0) is 19.9. The first-order valence-electron chi connectivity index (χ1n) is 10.3. The Kier molecular flexibility index (Phi) is 7.23. The minimum absolute atomic E-state index is 0.0810. The van der Waals surface area contributed by atoms with Crippen molar-refractivity contribution in [3.63, 3.8) is 0 Å². The maximum atomic E-state index is 12.0. The van der Waals surface area contributed by atoms with Crippen molar-refractivity contribution >= 4 is 23.6 Å². The van der Waals surface area contributed by atoms with Gasteiger partial charge in [0.2, 0.25) is 11.8 Å². The molecule has 1 N–H and O–H groups in total. The highest BCUT2D eigenvalue weighted by atomic mass is 16.5. The minimum Gasteiger partial charge on any atom is -0.373 e. The monoisotopic (exact) mass is 385 g/mol. The highest BCUT2D eigenvalue weighted by Crippen LogP contribution is 2.21. The molecule has 2 aliphatic rings. The van der Waals surface area contributed by atoms with E-state index in [1.807, 2.05) is 29.2 Å². The van der Waals surface area contributed by atoms with Crippen LogP contribution in [0.5, 0.6) is 0 Å². The number of anilines is 1. The fourth-order valence-electron chi connectivity index (χ4n) is 3.90. The van der Waals surface area contributed by atoms with E-state index in [-0.39, 0.29) is 24.0 Å². The van der Waals surface area contributed by atoms with Crippen LogP contribution in [0, 0.1) is 0 Å². The van der Waals surface area contributed by atoms with Crippen LogP contribution in [0.4, 0.5) is 5.69 Å². The van der Waals surface area contributed by atoms with E-state index in [2.05, 4.69) is 24.1 Å². The van der Waals surface area contributed by atoms with Crippen molar-refractivity contribution in [2.75, 3.05) is 37.6 Å². The van der Waals surface area contributed by atoms with Gasteiger partial charge in [-0.15, -0.1) is 0 Å². The molecule has 0 aromatic heterocycles. The molecule has 0 saturated carbocycles. The number of nitrogens with zero attached hydrogens (tertiary/aromatic N) is 2. The number of ether oxygens (including phenoxy) is 1. The van der Waals surface area contributed by atoms with E-state index < -0.39 is 0 Å². The molecule has 2 aliphatic heterocycles. The van der Waals surface area contributed by atoms with Gasteiger partial charge < -0.3 is 15.0 Å². The highest BCUT2D eigenvalue weighted by Gasteiger charge is 2.22. The van der Waals surface area contributed by atoms with Gasteiger partial charge in [-0.25, -0.2) is 0 Å². The van der Waals surface area contributed by atoms with Crippen molar-refractivity contribution in [1.29, 1.82) is 0 Å². The lowest BCUT2D eigenvalue weighted by Gasteiger charge is -2.35. The summed E-state index contributed by atoms with van der Waals surface area (Å²) >= 11 is 0. The van der Waals surface area contributed by atoms with Crippen LogP contribution >= 0.6 is 0 Å². The van der Waals surface area contributed by atoms with Crippen LogP contribution in [-0.4, -0.2) is 61.6 Å². The number of benzene rings is 1. The number of amides is 2. The molecule has 6 heteroatoms. The fourth-order valence-corrected chi connectivity index (χ4v) is 3.90. The standard InChI is InChI=1S/C22H31N3O3/c1-17-15-24(16-18(2)28-17)13-4-12-23-21(26)11-8-19-6-9-20(10-7-19)25-14-3-5-22(25)27/h6-11,17-18H,3-5,12-16H2,1-2H3,(H,23,26)/b11-8+. The molecular weight excluding hydrogens is 354 g/mol. The van der Waals surface area contributed by atoms with Crippen LogP contribution in [0.15, 0.2) is 30.3 Å². The summed E-state index contributed by atoms with van der Waals surface area (Å²) in [6.07, 6.45) is 6.39. The van der Waals surface area contributed by atoms with Gasteiger partial charge in [0.1, 0.15) is 0 Å². The summed E-state index contributed by atoms with van der Waals surface area (Å²) in [4.78, 5) is 28.0. The average molecular weight is 386 g/mol. The smallest absolute Gasteiger partial charge is 0.243 e. The summed E-state index contributed by atoms with van der Waals surface area (Å²) < 4.78 is 5.74. The maximum absolute atomic E-state index is 12.0. The van der Waals surface area contributed by atoms with Gasteiger partial charge in [-0.2, -0.15) is 0 Å². The quantitative estimate of drug-likeness (QED) is 0.579. The third-order valence-corrected chi connectivity index (χ3v) is 5.15. The van der Waals surface area contributed by atoms with E-state index in [1.165, 1.54) is 0 Å². The average Bonchev–Trinajstić information content (AvgIpc) is 3.09. The summed E-state index contributed by atoms with van der Waals surface area (Å²) in [5.74, 6) is 0.103. The number of morpholine rings is 1. The highest BCUT2D eigenvalue weighted by molar-refractivity contribution is 5.95. The first-order valence-corrected chi connectivity index (χ1v) is 10.3. The number of hydrogen-bond acceptors (Lipinski definition) is 4. The third kappa shape index (κ3) is 5.91. The van der Waals surface area contributed by atoms with Crippen molar-refractivity contribution in [2.45, 2.75) is 45.3 Å². The van der Waals surface area contributed by atoms with Crippen LogP contribution in [0.1, 0.15) is 38.7 Å². The Morgan fingerprint density at radius 2 is 1.93 bits per heavy atom. The van der Waals surface area contributed by atoms with Gasteiger partial charge in [-0.1, -0.05) is 12.1 Å². The Balaban J connectivity index is 1.37. The van der Waals surface area contributed by atoms with E-state index in [9.17, 15) is 9.59 Å². The molecule has 0 radical (unpaired) electrons. The molecule has 2 unspecified atom stereocenters. The number of nitrogens with one attached hydrogen (secondary N) is 1. The fraction of sp³-hybridized carbons (Fsp3) is 0.545. The molecule has 2 fully saturated rings. The third-order valence-electron chi connectivity index (χ3n) is 5.15. The molecule has 0 spiro atoms. The lowest BCUT2D eigenvalue weighted by Crippen LogP contribution is -2.46. The summed E-state index contributed by atoms with van der Waals surface area (Å²) in [5, 5.41) is 2.94. The molecule has 2 amide bonds. The number of rotatable bonds is 7. The zero-order valence-corrected chi connectivity index (χ0v) is 16.9. The van der Waals surface area contributed by atoms with Gasteiger partial charge in [0.05, 0.1) is 12.2 Å². The molecular formula is C22H31N3O3. The Morgan fingerprint density at radius 1 is 1.21 bits per heavy atom. The largest absolute Gasteiger partial charge is 0.373 e. The molecule has 3 rings (SSSR count). The SMILES string of the molecule is CC1CN(CCCNC(=O)/C=C/c2ccc(N3CCCC3=O)cc2)CC(C)O1. The second kappa shape index (κ2) is 9.85. The summed E-state index contributed by atoms with van der Waals surface area (Å²) in [6.45, 7) is 8.54. The Labute approximate surface area is 167 Å². The number of hydrogen-bond donors (Lipinski definition) is 1. The Morgan fingerprint density at radius 3 is 2.57 bits per heavy atom. The van der Waals surface area contributed by atoms with E-state index in [4.69, 9.17) is 4.74 Å². The molecule has 2 atom stereocenters. The van der Waals surface area contributed by atoms with E-state index >= 15 is 0 Å². The van der Waals surface area contributed by atoms with Crippen LogP contribution in [-0.2, 0) is 14.3 Å². The van der Waals surface area contributed by atoms with Crippen molar-refractivity contribution in [2.24, 2.45) is 0 Å². The zero-order valence-electron chi connectivity index (χ0n) is 16.9. The second-order valence-corrected chi connectivity index (χ2v) is 7.74. The summed E-state index contributed by atoms with van der Waals surface area (Å²) in [7, 11) is 0. The lowest BCUT2D eigenvalue weighted by atomic mass is 10.2. The van der Waals surface area contributed by atoms with Crippen molar-refractivity contribution in [1.82, 2.24) is 10.2 Å². The van der Waals surface area contributed by atoms with Crippen LogP contribution in [0.3, 0.4) is 0 Å². The molecule has 28 heavy (non-hydrogen) atoms. The normalized spacial score (nSPS) is 23.5. The molecule has 0 bridgehead atoms. The van der Waals surface area contributed by atoms with E-state index in [0.717, 1.165) is 50.3 Å². The topological polar surface area (TPSA) is 61.9 Å². The van der Waals surface area contributed by atoms with Crippen LogP contribution < -0.4 is 10.2 Å². The van der Waals surface area contributed by atoms with Gasteiger partial charge in [0.15, 0.2) is 0 Å². The van der Waals surface area contributed by atoms with E-state index in [0.29, 0.717) is 13.0 Å². The summed E-state index contributed by atoms with van der Waals surface area (Å²) in [6, 6.07) is 7.74. The number of carbonyl (C=O) groups excluding carboxylic acids is 2. The van der Waals surface area contributed by atoms with Gasteiger partial charge in [0, 0.05) is 50.9 Å². The van der Waals surface area contributed by atoms with Gasteiger partial charge in [-0.05, 0) is 50.5 Å². The Hall–Kier alpha value is -2.18. The Bertz CT molecular complexity index is 691. The maximum Gasteiger partial charge on any atom is 0.243 e. The molecule has 2 saturated heterocycles. The van der Waals surface area contributed by atoms with Crippen molar-refractivity contribution in [3.05, 3.63) is 35.9 Å². The van der Waals surface area contributed by atoms with Crippen molar-refractivity contribution in [3.8, 4) is 0 Å². The van der Waals surface area contributed by atoms with Crippen LogP contribution in [0.2, 0.25) is 0 Å². The first kappa shape index (κ1) is 20.6. The lowest BCUT2D eigenvalue weighted by molar-refractivity contribution is -0.117. The minimum atomic E-state index is -0.0810. The van der Waals surface area contributed by atoms with Gasteiger partial charge >= 0.3 is 0 Å². The predicted molar refractivity (Wildman–Crippen MR) is 111 cm³/mol. The second-order valence-electron chi connectivity index (χ2n) is 7.74. The molecule has 2 heterocycles. The van der Waals surface area contributed by atoms with Crippen molar-refractivity contribution < 1.29 is 14.3 Å². The number of carbonyl (C=O) groups is 2. The molecule has 1 aromatic rings. The molecule has 152 valence electrons. The molecule has 1 aromatic carbocycles. The van der Waals surface area contributed by atoms with E-state index in [1.54, 1.807) is 12.2 Å². The summed E-state index contributed by atoms with van der Waals surface area (Å²) in [5.41, 5.74) is 1.87. The van der Waals surface area contributed by atoms with Gasteiger partial charge in [-0.3, -0.25) is 14.5 Å². The predicted octanol–water partition coefficient (Wildman–Crippen LogP) is 2.44. The first-order chi connectivity index (χ1) is 13.5. The molecule has 0 aliphatic carbocycles. The molecule has 6 nitrogen and oxygen atoms in total. The van der Waals surface area contributed by atoms with Gasteiger partial charge in [0.25, 0.3) is 0 Å². The van der Waals surface area contributed by atoms with Crippen LogP contribution in [0.25, 0.3) is 6.08 Å².